The first-order valence-electron chi connectivity index (χ1n) is 14.5. The molecule has 0 aliphatic heterocycles. The van der Waals surface area contributed by atoms with Crippen LogP contribution in [0.15, 0.2) is 146 Å². The van der Waals surface area contributed by atoms with Crippen molar-refractivity contribution in [2.24, 2.45) is 0 Å². The highest BCUT2D eigenvalue weighted by molar-refractivity contribution is 6.16. The molecular formula is C39H27N5. The standard InChI is InChI=1S/C39H27N5/c1-2-26(16-19-40)28-22-29(27-17-20-41-21-18-27)24-31(23-28)44-37-15-9-7-13-33(37)35-25-34-32-12-6-8-14-36(32)43(38(34)42-39(35)44)30-10-4-3-5-11-30/h2-25,40H,1H2/b26-16+,40-19?. The summed E-state index contributed by atoms with van der Waals surface area (Å²) < 4.78 is 4.52. The van der Waals surface area contributed by atoms with Gasteiger partial charge in [-0.15, -0.1) is 0 Å². The molecule has 0 saturated carbocycles. The molecule has 5 heteroatoms. The molecule has 0 aliphatic carbocycles. The number of hydrogen-bond donors (Lipinski definition) is 1. The Morgan fingerprint density at radius 1 is 0.614 bits per heavy atom. The minimum Gasteiger partial charge on any atom is -0.309 e. The molecule has 0 bridgehead atoms. The van der Waals surface area contributed by atoms with Gasteiger partial charge in [0.05, 0.1) is 11.0 Å². The molecule has 4 aromatic heterocycles. The number of nitrogens with one attached hydrogen (secondary N) is 1. The summed E-state index contributed by atoms with van der Waals surface area (Å²) in [6.07, 6.45) is 8.49. The second-order valence-electron chi connectivity index (χ2n) is 10.8. The summed E-state index contributed by atoms with van der Waals surface area (Å²) in [6.45, 7) is 4.04. The number of aromatic nitrogens is 4. The molecule has 0 aliphatic rings. The molecule has 0 atom stereocenters. The number of fused-ring (bicyclic) bond motifs is 6. The molecule has 0 radical (unpaired) electrons. The van der Waals surface area contributed by atoms with E-state index in [-0.39, 0.29) is 0 Å². The molecule has 44 heavy (non-hydrogen) atoms. The third-order valence-corrected chi connectivity index (χ3v) is 8.30. The number of rotatable bonds is 6. The Morgan fingerprint density at radius 2 is 1.23 bits per heavy atom. The Kier molecular flexibility index (Phi) is 6.02. The number of nitrogens with zero attached hydrogens (tertiary/aromatic N) is 4. The highest BCUT2D eigenvalue weighted by atomic mass is 15.1. The molecule has 5 nitrogen and oxygen atoms in total. The van der Waals surface area contributed by atoms with E-state index in [1.165, 1.54) is 11.6 Å². The maximum Gasteiger partial charge on any atom is 0.148 e. The van der Waals surface area contributed by atoms with Crippen LogP contribution in [0.5, 0.6) is 0 Å². The van der Waals surface area contributed by atoms with Crippen molar-refractivity contribution in [2.45, 2.75) is 0 Å². The summed E-state index contributed by atoms with van der Waals surface area (Å²) in [6, 6.07) is 40.3. The van der Waals surface area contributed by atoms with Crippen LogP contribution in [-0.2, 0) is 0 Å². The monoisotopic (exact) mass is 565 g/mol. The van der Waals surface area contributed by atoms with Crippen LogP contribution in [0.4, 0.5) is 0 Å². The van der Waals surface area contributed by atoms with Crippen LogP contribution in [0.3, 0.4) is 0 Å². The van der Waals surface area contributed by atoms with E-state index in [4.69, 9.17) is 10.4 Å². The van der Waals surface area contributed by atoms with Crippen molar-refractivity contribution >= 4 is 55.7 Å². The molecule has 8 rings (SSSR count). The zero-order chi connectivity index (χ0) is 29.6. The summed E-state index contributed by atoms with van der Waals surface area (Å²) in [5, 5.41) is 12.3. The van der Waals surface area contributed by atoms with Crippen LogP contribution in [0.2, 0.25) is 0 Å². The lowest BCUT2D eigenvalue weighted by molar-refractivity contribution is 1.11. The largest absolute Gasteiger partial charge is 0.309 e. The predicted octanol–water partition coefficient (Wildman–Crippen LogP) is 9.56. The number of benzene rings is 4. The Balaban J connectivity index is 1.51. The summed E-state index contributed by atoms with van der Waals surface area (Å²) in [4.78, 5) is 9.72. The van der Waals surface area contributed by atoms with E-state index in [2.05, 4.69) is 118 Å². The van der Waals surface area contributed by atoms with Gasteiger partial charge < -0.3 is 5.41 Å². The van der Waals surface area contributed by atoms with Crippen molar-refractivity contribution < 1.29 is 0 Å². The fourth-order valence-corrected chi connectivity index (χ4v) is 6.34. The van der Waals surface area contributed by atoms with E-state index >= 15 is 0 Å². The Morgan fingerprint density at radius 3 is 1.86 bits per heavy atom. The fourth-order valence-electron chi connectivity index (χ4n) is 6.34. The third kappa shape index (κ3) is 3.98. The van der Waals surface area contributed by atoms with Gasteiger partial charge in [-0.1, -0.05) is 67.3 Å². The Hall–Kier alpha value is -6.07. The van der Waals surface area contributed by atoms with E-state index in [9.17, 15) is 0 Å². The summed E-state index contributed by atoms with van der Waals surface area (Å²) >= 11 is 0. The van der Waals surface area contributed by atoms with E-state index in [0.29, 0.717) is 0 Å². The van der Waals surface area contributed by atoms with Crippen LogP contribution in [-0.4, -0.2) is 25.3 Å². The molecule has 0 fully saturated rings. The van der Waals surface area contributed by atoms with E-state index < -0.39 is 0 Å². The molecule has 8 aromatic rings. The molecule has 0 saturated heterocycles. The predicted molar refractivity (Wildman–Crippen MR) is 183 cm³/mol. The first-order chi connectivity index (χ1) is 21.7. The number of pyridine rings is 2. The maximum atomic E-state index is 7.75. The van der Waals surface area contributed by atoms with E-state index in [1.807, 2.05) is 30.6 Å². The maximum absolute atomic E-state index is 7.75. The average molecular weight is 566 g/mol. The van der Waals surface area contributed by atoms with Crippen molar-refractivity contribution in [3.63, 3.8) is 0 Å². The van der Waals surface area contributed by atoms with Crippen molar-refractivity contribution in [1.82, 2.24) is 19.1 Å². The van der Waals surface area contributed by atoms with Crippen molar-refractivity contribution in [3.05, 3.63) is 152 Å². The van der Waals surface area contributed by atoms with Crippen molar-refractivity contribution in [2.75, 3.05) is 0 Å². The van der Waals surface area contributed by atoms with Gasteiger partial charge in [-0.25, -0.2) is 4.98 Å². The van der Waals surface area contributed by atoms with Gasteiger partial charge in [0.1, 0.15) is 11.3 Å². The number of hydrogen-bond acceptors (Lipinski definition) is 3. The molecule has 4 aromatic carbocycles. The minimum atomic E-state index is 0.873. The van der Waals surface area contributed by atoms with Crippen molar-refractivity contribution in [1.29, 1.82) is 5.41 Å². The lowest BCUT2D eigenvalue weighted by Gasteiger charge is -2.14. The van der Waals surface area contributed by atoms with Crippen molar-refractivity contribution in [3.8, 4) is 22.5 Å². The minimum absolute atomic E-state index is 0.873. The van der Waals surface area contributed by atoms with Crippen LogP contribution >= 0.6 is 0 Å². The van der Waals surface area contributed by atoms with Crippen LogP contribution in [0.25, 0.3) is 71.9 Å². The molecule has 1 N–H and O–H groups in total. The second-order valence-corrected chi connectivity index (χ2v) is 10.8. The quantitative estimate of drug-likeness (QED) is 0.161. The first-order valence-corrected chi connectivity index (χ1v) is 14.5. The SMILES string of the molecule is C=C/C(=C\C=N)c1cc(-c2ccncc2)cc(-n2c3ccccc3c3cc4c5ccccc5n(-c5ccccc5)c4nc32)c1. The van der Waals surface area contributed by atoms with Crippen LogP contribution < -0.4 is 0 Å². The molecule has 0 unspecified atom stereocenters. The van der Waals surface area contributed by atoms with Gasteiger partial charge in [0.15, 0.2) is 0 Å². The highest BCUT2D eigenvalue weighted by Gasteiger charge is 2.20. The lowest BCUT2D eigenvalue weighted by atomic mass is 9.98. The highest BCUT2D eigenvalue weighted by Crippen LogP contribution is 2.39. The van der Waals surface area contributed by atoms with Crippen LogP contribution in [0.1, 0.15) is 5.56 Å². The van der Waals surface area contributed by atoms with Gasteiger partial charge in [-0.05, 0) is 89.0 Å². The van der Waals surface area contributed by atoms with E-state index in [0.717, 1.165) is 72.1 Å². The fraction of sp³-hybridized carbons (Fsp3) is 0. The Labute approximate surface area is 254 Å². The Bertz CT molecular complexity index is 2410. The second kappa shape index (κ2) is 10.3. The van der Waals surface area contributed by atoms with Gasteiger partial charge in [-0.2, -0.15) is 0 Å². The molecule has 0 amide bonds. The number of para-hydroxylation sites is 3. The molecule has 208 valence electrons. The number of allylic oxidation sites excluding steroid dienone is 3. The molecular weight excluding hydrogens is 538 g/mol. The lowest BCUT2D eigenvalue weighted by Crippen LogP contribution is -2.00. The summed E-state index contributed by atoms with van der Waals surface area (Å²) in [5.74, 6) is 0. The third-order valence-electron chi connectivity index (χ3n) is 8.30. The smallest absolute Gasteiger partial charge is 0.148 e. The molecule has 0 spiro atoms. The van der Waals surface area contributed by atoms with Crippen LogP contribution in [0, 0.1) is 5.41 Å². The van der Waals surface area contributed by atoms with Gasteiger partial charge in [-0.3, -0.25) is 14.1 Å². The topological polar surface area (TPSA) is 59.5 Å². The van der Waals surface area contributed by atoms with Gasteiger partial charge in [0.25, 0.3) is 0 Å². The summed E-state index contributed by atoms with van der Waals surface area (Å²) in [5.41, 5.74) is 9.99. The normalized spacial score (nSPS) is 12.0. The molecule has 4 heterocycles. The zero-order valence-corrected chi connectivity index (χ0v) is 23.9. The zero-order valence-electron chi connectivity index (χ0n) is 23.9. The van der Waals surface area contributed by atoms with Gasteiger partial charge in [0, 0.05) is 51.5 Å². The first kappa shape index (κ1) is 25.6. The van der Waals surface area contributed by atoms with E-state index in [1.54, 1.807) is 12.2 Å². The van der Waals surface area contributed by atoms with Gasteiger partial charge >= 0.3 is 0 Å². The van der Waals surface area contributed by atoms with Gasteiger partial charge in [0.2, 0.25) is 0 Å². The summed E-state index contributed by atoms with van der Waals surface area (Å²) in [7, 11) is 0. The average Bonchev–Trinajstić information content (AvgIpc) is 3.59.